The topological polar surface area (TPSA) is 0 Å². The molecule has 68 valence electrons. The molecule has 2 fully saturated rings. The van der Waals surface area contributed by atoms with Gasteiger partial charge in [-0.05, 0) is 36.0 Å². The van der Waals surface area contributed by atoms with Crippen molar-refractivity contribution < 1.29 is 0 Å². The van der Waals surface area contributed by atoms with Crippen LogP contribution in [-0.2, 0) is 0 Å². The highest BCUT2D eigenvalue weighted by atomic mass is 14.6. The molecule has 2 saturated carbocycles. The van der Waals surface area contributed by atoms with Crippen LogP contribution in [0, 0.1) is 16.7 Å². The molecule has 0 N–H and O–H groups in total. The summed E-state index contributed by atoms with van der Waals surface area (Å²) < 4.78 is 0. The smallest absolute Gasteiger partial charge is 0.00854 e. The lowest BCUT2D eigenvalue weighted by atomic mass is 9.73. The third-order valence-corrected chi connectivity index (χ3v) is 4.38. The average Bonchev–Trinajstić information content (AvgIpc) is 2.37. The molecule has 0 saturated heterocycles. The quantitative estimate of drug-likeness (QED) is 0.478. The first-order valence-electron chi connectivity index (χ1n) is 5.15. The predicted octanol–water partition coefficient (Wildman–Crippen LogP) is 3.78. The Morgan fingerprint density at radius 3 is 2.58 bits per heavy atom. The lowest BCUT2D eigenvalue weighted by Gasteiger charge is -2.31. The van der Waals surface area contributed by atoms with Crippen LogP contribution in [0.5, 0.6) is 0 Å². The van der Waals surface area contributed by atoms with E-state index < -0.39 is 0 Å². The van der Waals surface area contributed by atoms with Gasteiger partial charge in [0.25, 0.3) is 0 Å². The van der Waals surface area contributed by atoms with Crippen molar-refractivity contribution in [3.63, 3.8) is 0 Å². The molecule has 2 aliphatic rings. The lowest BCUT2D eigenvalue weighted by molar-refractivity contribution is 0.187. The van der Waals surface area contributed by atoms with E-state index >= 15 is 0 Å². The molecule has 0 aromatic carbocycles. The molecule has 0 nitrogen and oxygen atoms in total. The van der Waals surface area contributed by atoms with Crippen LogP contribution in [0.25, 0.3) is 0 Å². The first kappa shape index (κ1) is 8.34. The second kappa shape index (κ2) is 2.16. The molecule has 0 aromatic rings. The number of hydrogen-bond acceptors (Lipinski definition) is 0. The van der Waals surface area contributed by atoms with E-state index in [1.54, 1.807) is 0 Å². The summed E-state index contributed by atoms with van der Waals surface area (Å²) in [5.74, 6) is 0.914. The Morgan fingerprint density at radius 2 is 2.00 bits per heavy atom. The zero-order valence-corrected chi connectivity index (χ0v) is 8.61. The molecule has 0 unspecified atom stereocenters. The zero-order chi connectivity index (χ0) is 8.98. The fraction of sp³-hybridized carbons (Fsp3) is 0.833. The van der Waals surface area contributed by atoms with E-state index in [4.69, 9.17) is 0 Å². The maximum absolute atomic E-state index is 4.26. The minimum absolute atomic E-state index is 0.503. The third-order valence-electron chi connectivity index (χ3n) is 4.38. The number of fused-ring (bicyclic) bond motifs is 1. The molecule has 0 bridgehead atoms. The standard InChI is InChI=1S/C12H20/c1-9-8-11(2,3)10-6-5-7-12(9,10)4/h10H,1,5-8H2,2-4H3/t10-,12-/m0/s1. The van der Waals surface area contributed by atoms with Crippen molar-refractivity contribution in [3.8, 4) is 0 Å². The fourth-order valence-corrected chi connectivity index (χ4v) is 3.72. The van der Waals surface area contributed by atoms with Gasteiger partial charge in [0.2, 0.25) is 0 Å². The van der Waals surface area contributed by atoms with E-state index in [2.05, 4.69) is 27.4 Å². The normalized spacial score (nSPS) is 44.9. The highest BCUT2D eigenvalue weighted by molar-refractivity contribution is 5.23. The van der Waals surface area contributed by atoms with Gasteiger partial charge < -0.3 is 0 Å². The molecule has 0 spiro atoms. The van der Waals surface area contributed by atoms with E-state index in [0.717, 1.165) is 5.92 Å². The summed E-state index contributed by atoms with van der Waals surface area (Å²) in [4.78, 5) is 0. The van der Waals surface area contributed by atoms with Crippen molar-refractivity contribution in [1.82, 2.24) is 0 Å². The lowest BCUT2D eigenvalue weighted by Crippen LogP contribution is -2.24. The molecule has 0 aliphatic heterocycles. The van der Waals surface area contributed by atoms with Gasteiger partial charge in [0.05, 0.1) is 0 Å². The largest absolute Gasteiger partial charge is 0.0993 e. The molecular weight excluding hydrogens is 144 g/mol. The minimum Gasteiger partial charge on any atom is -0.0993 e. The first-order chi connectivity index (χ1) is 5.47. The zero-order valence-electron chi connectivity index (χ0n) is 8.61. The van der Waals surface area contributed by atoms with Crippen LogP contribution in [0.3, 0.4) is 0 Å². The van der Waals surface area contributed by atoms with Crippen LogP contribution in [0.1, 0.15) is 46.5 Å². The summed E-state index contributed by atoms with van der Waals surface area (Å²) >= 11 is 0. The van der Waals surface area contributed by atoms with Gasteiger partial charge in [-0.3, -0.25) is 0 Å². The van der Waals surface area contributed by atoms with Gasteiger partial charge in [0.1, 0.15) is 0 Å². The van der Waals surface area contributed by atoms with Crippen molar-refractivity contribution in [2.24, 2.45) is 16.7 Å². The summed E-state index contributed by atoms with van der Waals surface area (Å²) in [7, 11) is 0. The fourth-order valence-electron chi connectivity index (χ4n) is 3.72. The third kappa shape index (κ3) is 0.841. The number of hydrogen-bond donors (Lipinski definition) is 0. The van der Waals surface area contributed by atoms with E-state index in [1.165, 1.54) is 31.3 Å². The number of allylic oxidation sites excluding steroid dienone is 1. The maximum atomic E-state index is 4.26. The second-order valence-electron chi connectivity index (χ2n) is 5.63. The van der Waals surface area contributed by atoms with Gasteiger partial charge in [0, 0.05) is 0 Å². The molecule has 0 aromatic heterocycles. The van der Waals surface area contributed by atoms with Crippen molar-refractivity contribution in [2.45, 2.75) is 46.5 Å². The van der Waals surface area contributed by atoms with Gasteiger partial charge in [-0.25, -0.2) is 0 Å². The van der Waals surface area contributed by atoms with Crippen LogP contribution >= 0.6 is 0 Å². The summed E-state index contributed by atoms with van der Waals surface area (Å²) in [5, 5.41) is 0. The van der Waals surface area contributed by atoms with Crippen molar-refractivity contribution >= 4 is 0 Å². The average molecular weight is 164 g/mol. The molecule has 0 heteroatoms. The van der Waals surface area contributed by atoms with Gasteiger partial charge in [0.15, 0.2) is 0 Å². The Hall–Kier alpha value is -0.260. The van der Waals surface area contributed by atoms with Crippen molar-refractivity contribution in [2.75, 3.05) is 0 Å². The van der Waals surface area contributed by atoms with Crippen LogP contribution in [0.2, 0.25) is 0 Å². The van der Waals surface area contributed by atoms with E-state index in [9.17, 15) is 0 Å². The SMILES string of the molecule is C=C1CC(C)(C)[C@@H]2CCC[C@@]12C. The molecule has 0 radical (unpaired) electrons. The molecule has 2 atom stereocenters. The predicted molar refractivity (Wildman–Crippen MR) is 53.0 cm³/mol. The Bertz CT molecular complexity index is 224. The highest BCUT2D eigenvalue weighted by Gasteiger charge is 2.53. The Balaban J connectivity index is 2.39. The highest BCUT2D eigenvalue weighted by Crippen LogP contribution is 2.63. The van der Waals surface area contributed by atoms with Crippen molar-refractivity contribution in [1.29, 1.82) is 0 Å². The van der Waals surface area contributed by atoms with Gasteiger partial charge in [-0.15, -0.1) is 0 Å². The van der Waals surface area contributed by atoms with E-state index in [0.29, 0.717) is 10.8 Å². The summed E-state index contributed by atoms with van der Waals surface area (Å²) in [6.07, 6.45) is 5.50. The summed E-state index contributed by atoms with van der Waals surface area (Å²) in [6.45, 7) is 11.5. The maximum Gasteiger partial charge on any atom is -0.00854 e. The monoisotopic (exact) mass is 164 g/mol. The van der Waals surface area contributed by atoms with E-state index in [-0.39, 0.29) is 0 Å². The molecule has 12 heavy (non-hydrogen) atoms. The van der Waals surface area contributed by atoms with Crippen molar-refractivity contribution in [3.05, 3.63) is 12.2 Å². The van der Waals surface area contributed by atoms with Crippen LogP contribution in [0.15, 0.2) is 12.2 Å². The number of rotatable bonds is 0. The van der Waals surface area contributed by atoms with Crippen LogP contribution in [-0.4, -0.2) is 0 Å². The molecule has 0 amide bonds. The molecule has 2 aliphatic carbocycles. The molecule has 2 rings (SSSR count). The van der Waals surface area contributed by atoms with Gasteiger partial charge in [-0.2, -0.15) is 0 Å². The van der Waals surface area contributed by atoms with E-state index in [1.807, 2.05) is 0 Å². The Labute approximate surface area is 76.1 Å². The second-order valence-corrected chi connectivity index (χ2v) is 5.63. The Kier molecular flexibility index (Phi) is 1.50. The molecule has 0 heterocycles. The summed E-state index contributed by atoms with van der Waals surface area (Å²) in [5.41, 5.74) is 2.56. The van der Waals surface area contributed by atoms with Crippen LogP contribution < -0.4 is 0 Å². The van der Waals surface area contributed by atoms with Crippen LogP contribution in [0.4, 0.5) is 0 Å². The van der Waals surface area contributed by atoms with Gasteiger partial charge >= 0.3 is 0 Å². The van der Waals surface area contributed by atoms with Gasteiger partial charge in [-0.1, -0.05) is 39.3 Å². The first-order valence-corrected chi connectivity index (χ1v) is 5.15. The minimum atomic E-state index is 0.503. The summed E-state index contributed by atoms with van der Waals surface area (Å²) in [6, 6.07) is 0. The molecular formula is C12H20. The Morgan fingerprint density at radius 1 is 1.33 bits per heavy atom.